The van der Waals surface area contributed by atoms with Crippen LogP contribution in [0.3, 0.4) is 0 Å². The minimum atomic E-state index is -0.172. The molecule has 1 fully saturated rings. The molecule has 1 atom stereocenters. The lowest BCUT2D eigenvalue weighted by Crippen LogP contribution is -2.18. The Hall–Kier alpha value is -1.71. The topological polar surface area (TPSA) is 69.6 Å². The number of phenols is 2. The molecule has 0 spiro atoms. The van der Waals surface area contributed by atoms with Gasteiger partial charge in [0.1, 0.15) is 11.5 Å². The van der Waals surface area contributed by atoms with Crippen LogP contribution >= 0.6 is 0 Å². The van der Waals surface area contributed by atoms with Crippen LogP contribution in [0.5, 0.6) is 11.5 Å². The SMILES string of the molecule is O=C1CCC(c2cc(O)ccc2O)N1. The fraction of sp³-hybridized carbons (Fsp3) is 0.300. The summed E-state index contributed by atoms with van der Waals surface area (Å²) in [6.07, 6.45) is 1.13. The van der Waals surface area contributed by atoms with Crippen LogP contribution in [0.4, 0.5) is 0 Å². The molecule has 14 heavy (non-hydrogen) atoms. The van der Waals surface area contributed by atoms with Crippen LogP contribution in [0.25, 0.3) is 0 Å². The minimum Gasteiger partial charge on any atom is -0.508 e. The highest BCUT2D eigenvalue weighted by atomic mass is 16.3. The zero-order valence-electron chi connectivity index (χ0n) is 7.53. The van der Waals surface area contributed by atoms with Crippen LogP contribution in [-0.2, 0) is 4.79 Å². The first-order chi connectivity index (χ1) is 6.66. The van der Waals surface area contributed by atoms with Gasteiger partial charge in [0.25, 0.3) is 0 Å². The van der Waals surface area contributed by atoms with Gasteiger partial charge in [-0.3, -0.25) is 4.79 Å². The Bertz CT molecular complexity index is 376. The Morgan fingerprint density at radius 3 is 2.79 bits per heavy atom. The van der Waals surface area contributed by atoms with Crippen molar-refractivity contribution >= 4 is 5.91 Å². The zero-order chi connectivity index (χ0) is 10.1. The predicted octanol–water partition coefficient (Wildman–Crippen LogP) is 1.05. The number of nitrogens with one attached hydrogen (secondary N) is 1. The molecule has 4 heteroatoms. The Morgan fingerprint density at radius 2 is 2.14 bits per heavy atom. The first kappa shape index (κ1) is 8.87. The van der Waals surface area contributed by atoms with Gasteiger partial charge < -0.3 is 15.5 Å². The van der Waals surface area contributed by atoms with Crippen molar-refractivity contribution in [1.82, 2.24) is 5.32 Å². The first-order valence-corrected chi connectivity index (χ1v) is 4.48. The molecule has 1 unspecified atom stereocenters. The largest absolute Gasteiger partial charge is 0.508 e. The summed E-state index contributed by atoms with van der Waals surface area (Å²) in [5, 5.41) is 21.5. The summed E-state index contributed by atoms with van der Waals surface area (Å²) < 4.78 is 0. The van der Waals surface area contributed by atoms with Gasteiger partial charge in [-0.05, 0) is 24.6 Å². The van der Waals surface area contributed by atoms with Gasteiger partial charge in [-0.15, -0.1) is 0 Å². The van der Waals surface area contributed by atoms with Gasteiger partial charge in [-0.25, -0.2) is 0 Å². The molecule has 1 aromatic carbocycles. The van der Waals surface area contributed by atoms with Gasteiger partial charge in [-0.2, -0.15) is 0 Å². The Morgan fingerprint density at radius 1 is 1.36 bits per heavy atom. The van der Waals surface area contributed by atoms with E-state index in [0.29, 0.717) is 18.4 Å². The molecule has 1 aliphatic heterocycles. The fourth-order valence-electron chi connectivity index (χ4n) is 1.67. The van der Waals surface area contributed by atoms with E-state index in [9.17, 15) is 15.0 Å². The van der Waals surface area contributed by atoms with E-state index in [1.54, 1.807) is 0 Å². The van der Waals surface area contributed by atoms with E-state index in [2.05, 4.69) is 5.32 Å². The third-order valence-corrected chi connectivity index (χ3v) is 2.38. The molecule has 3 N–H and O–H groups in total. The predicted molar refractivity (Wildman–Crippen MR) is 49.9 cm³/mol. The number of amides is 1. The zero-order valence-corrected chi connectivity index (χ0v) is 7.53. The number of carbonyl (C=O) groups is 1. The van der Waals surface area contributed by atoms with E-state index >= 15 is 0 Å². The second kappa shape index (κ2) is 3.21. The van der Waals surface area contributed by atoms with Gasteiger partial charge in [0.2, 0.25) is 5.91 Å². The number of hydrogen-bond donors (Lipinski definition) is 3. The van der Waals surface area contributed by atoms with Gasteiger partial charge >= 0.3 is 0 Å². The number of aromatic hydroxyl groups is 2. The summed E-state index contributed by atoms with van der Waals surface area (Å²) in [4.78, 5) is 11.0. The molecule has 74 valence electrons. The molecule has 0 saturated carbocycles. The number of hydrogen-bond acceptors (Lipinski definition) is 3. The smallest absolute Gasteiger partial charge is 0.220 e. The molecule has 1 aliphatic rings. The Kier molecular flexibility index (Phi) is 2.04. The molecule has 0 bridgehead atoms. The molecule has 1 aromatic rings. The average Bonchev–Trinajstić information content (AvgIpc) is 2.56. The van der Waals surface area contributed by atoms with E-state index in [1.165, 1.54) is 18.2 Å². The number of phenolic OH excluding ortho intramolecular Hbond substituents is 2. The van der Waals surface area contributed by atoms with Crippen molar-refractivity contribution in [2.24, 2.45) is 0 Å². The third-order valence-electron chi connectivity index (χ3n) is 2.38. The normalized spacial score (nSPS) is 20.9. The molecule has 0 aromatic heterocycles. The fourth-order valence-corrected chi connectivity index (χ4v) is 1.67. The average molecular weight is 193 g/mol. The minimum absolute atomic E-state index is 0.0160. The molecule has 1 heterocycles. The van der Waals surface area contributed by atoms with Crippen LogP contribution in [0.2, 0.25) is 0 Å². The Balaban J connectivity index is 2.31. The van der Waals surface area contributed by atoms with Crippen molar-refractivity contribution in [2.45, 2.75) is 18.9 Å². The van der Waals surface area contributed by atoms with E-state index in [0.717, 1.165) is 0 Å². The summed E-state index contributed by atoms with van der Waals surface area (Å²) in [6, 6.07) is 4.14. The molecule has 1 amide bonds. The number of carbonyl (C=O) groups excluding carboxylic acids is 1. The third kappa shape index (κ3) is 1.51. The lowest BCUT2D eigenvalue weighted by Gasteiger charge is -2.12. The maximum absolute atomic E-state index is 11.0. The number of rotatable bonds is 1. The van der Waals surface area contributed by atoms with Crippen LogP contribution < -0.4 is 5.32 Å². The van der Waals surface area contributed by atoms with Gasteiger partial charge in [0, 0.05) is 12.0 Å². The first-order valence-electron chi connectivity index (χ1n) is 4.48. The monoisotopic (exact) mass is 193 g/mol. The molecule has 2 rings (SSSR count). The van der Waals surface area contributed by atoms with Crippen LogP contribution in [0.15, 0.2) is 18.2 Å². The van der Waals surface area contributed by atoms with Gasteiger partial charge in [0.15, 0.2) is 0 Å². The van der Waals surface area contributed by atoms with E-state index in [-0.39, 0.29) is 23.4 Å². The van der Waals surface area contributed by atoms with E-state index < -0.39 is 0 Å². The summed E-state index contributed by atoms with van der Waals surface area (Å²) in [7, 11) is 0. The molecule has 0 radical (unpaired) electrons. The highest BCUT2D eigenvalue weighted by Crippen LogP contribution is 2.32. The molecule has 4 nitrogen and oxygen atoms in total. The van der Waals surface area contributed by atoms with Gasteiger partial charge in [0.05, 0.1) is 6.04 Å². The highest BCUT2D eigenvalue weighted by molar-refractivity contribution is 5.79. The van der Waals surface area contributed by atoms with Crippen molar-refractivity contribution in [3.8, 4) is 11.5 Å². The van der Waals surface area contributed by atoms with Crippen molar-refractivity contribution in [3.63, 3.8) is 0 Å². The summed E-state index contributed by atoms with van der Waals surface area (Å²) in [5.74, 6) is 0.187. The van der Waals surface area contributed by atoms with Crippen molar-refractivity contribution in [2.75, 3.05) is 0 Å². The van der Waals surface area contributed by atoms with Crippen LogP contribution in [0.1, 0.15) is 24.4 Å². The second-order valence-electron chi connectivity index (χ2n) is 3.40. The lowest BCUT2D eigenvalue weighted by atomic mass is 10.0. The maximum atomic E-state index is 11.0. The van der Waals surface area contributed by atoms with Crippen molar-refractivity contribution < 1.29 is 15.0 Å². The van der Waals surface area contributed by atoms with E-state index in [1.807, 2.05) is 0 Å². The Labute approximate surface area is 81.2 Å². The van der Waals surface area contributed by atoms with Gasteiger partial charge in [-0.1, -0.05) is 0 Å². The second-order valence-corrected chi connectivity index (χ2v) is 3.40. The van der Waals surface area contributed by atoms with Crippen molar-refractivity contribution in [1.29, 1.82) is 0 Å². The standard InChI is InChI=1S/C10H11NO3/c12-6-1-3-9(13)7(5-6)8-2-4-10(14)11-8/h1,3,5,8,12-13H,2,4H2,(H,11,14). The van der Waals surface area contributed by atoms with E-state index in [4.69, 9.17) is 0 Å². The van der Waals surface area contributed by atoms with Crippen molar-refractivity contribution in [3.05, 3.63) is 23.8 Å². The summed E-state index contributed by atoms with van der Waals surface area (Å²) in [5.41, 5.74) is 0.579. The molecule has 0 aliphatic carbocycles. The summed E-state index contributed by atoms with van der Waals surface area (Å²) in [6.45, 7) is 0. The quantitative estimate of drug-likeness (QED) is 0.584. The molecular weight excluding hydrogens is 182 g/mol. The van der Waals surface area contributed by atoms with Crippen LogP contribution in [-0.4, -0.2) is 16.1 Å². The molecular formula is C10H11NO3. The highest BCUT2D eigenvalue weighted by Gasteiger charge is 2.24. The molecule has 1 saturated heterocycles. The summed E-state index contributed by atoms with van der Waals surface area (Å²) >= 11 is 0. The van der Waals surface area contributed by atoms with Crippen LogP contribution in [0, 0.1) is 0 Å². The maximum Gasteiger partial charge on any atom is 0.220 e. The lowest BCUT2D eigenvalue weighted by molar-refractivity contribution is -0.119. The number of benzene rings is 1.